The van der Waals surface area contributed by atoms with Gasteiger partial charge < -0.3 is 9.15 Å². The maximum absolute atomic E-state index is 12.6. The van der Waals surface area contributed by atoms with E-state index in [9.17, 15) is 8.42 Å². The largest absolute Gasteiger partial charge is 0.495 e. The van der Waals surface area contributed by atoms with E-state index in [1.54, 1.807) is 48.9 Å². The van der Waals surface area contributed by atoms with Gasteiger partial charge in [-0.15, -0.1) is 0 Å². The number of pyridine rings is 1. The van der Waals surface area contributed by atoms with Gasteiger partial charge in [-0.1, -0.05) is 12.1 Å². The Labute approximate surface area is 146 Å². The molecule has 1 N–H and O–H groups in total. The van der Waals surface area contributed by atoms with Crippen molar-refractivity contribution >= 4 is 10.0 Å². The number of nitrogens with zero attached hydrogens (tertiary/aromatic N) is 1. The molecule has 0 bridgehead atoms. The molecule has 3 aromatic rings. The molecule has 0 saturated carbocycles. The van der Waals surface area contributed by atoms with Gasteiger partial charge in [-0.3, -0.25) is 4.98 Å². The van der Waals surface area contributed by atoms with Gasteiger partial charge in [-0.2, -0.15) is 0 Å². The van der Waals surface area contributed by atoms with Gasteiger partial charge >= 0.3 is 0 Å². The lowest BCUT2D eigenvalue weighted by Gasteiger charge is -2.11. The van der Waals surface area contributed by atoms with Crippen molar-refractivity contribution in [3.8, 4) is 17.2 Å². The number of nitrogens with one attached hydrogen (secondary N) is 1. The predicted molar refractivity (Wildman–Crippen MR) is 93.7 cm³/mol. The van der Waals surface area contributed by atoms with E-state index in [4.69, 9.17) is 9.15 Å². The molecule has 0 aliphatic carbocycles. The number of aryl methyl sites for hydroxylation is 1. The van der Waals surface area contributed by atoms with E-state index in [-0.39, 0.29) is 11.4 Å². The number of benzene rings is 1. The van der Waals surface area contributed by atoms with Crippen LogP contribution < -0.4 is 9.46 Å². The molecule has 0 spiro atoms. The standard InChI is InChI=1S/C18H18N2O4S/c1-13-5-8-17(23-2)18(10-13)25(21,22)20-12-14-6-7-15(19-11-14)16-4-3-9-24-16/h3-11,20H,12H2,1-2H3. The molecule has 0 unspecified atom stereocenters. The molecule has 25 heavy (non-hydrogen) atoms. The van der Waals surface area contributed by atoms with Gasteiger partial charge in [-0.25, -0.2) is 13.1 Å². The maximum atomic E-state index is 12.6. The van der Waals surface area contributed by atoms with Crippen LogP contribution in [0.4, 0.5) is 0 Å². The number of sulfonamides is 1. The normalized spacial score (nSPS) is 11.4. The van der Waals surface area contributed by atoms with Crippen LogP contribution in [-0.2, 0) is 16.6 Å². The fraction of sp³-hybridized carbons (Fsp3) is 0.167. The number of hydrogen-bond donors (Lipinski definition) is 1. The van der Waals surface area contributed by atoms with Gasteiger partial charge in [0.05, 0.1) is 13.4 Å². The van der Waals surface area contributed by atoms with Crippen LogP contribution in [0, 0.1) is 6.92 Å². The van der Waals surface area contributed by atoms with Crippen LogP contribution >= 0.6 is 0 Å². The molecular formula is C18H18N2O4S. The molecule has 1 aromatic carbocycles. The first-order valence-electron chi connectivity index (χ1n) is 7.63. The van der Waals surface area contributed by atoms with Gasteiger partial charge in [0.2, 0.25) is 10.0 Å². The van der Waals surface area contributed by atoms with E-state index in [0.717, 1.165) is 11.1 Å². The summed E-state index contributed by atoms with van der Waals surface area (Å²) in [5.41, 5.74) is 2.27. The van der Waals surface area contributed by atoms with Crippen LogP contribution in [0.15, 0.2) is 64.2 Å². The van der Waals surface area contributed by atoms with E-state index in [1.807, 2.05) is 13.0 Å². The van der Waals surface area contributed by atoms with E-state index < -0.39 is 10.0 Å². The average Bonchev–Trinajstić information content (AvgIpc) is 3.15. The molecule has 0 amide bonds. The Morgan fingerprint density at radius 2 is 2.04 bits per heavy atom. The van der Waals surface area contributed by atoms with Crippen LogP contribution in [0.25, 0.3) is 11.5 Å². The van der Waals surface area contributed by atoms with Gasteiger partial charge in [0, 0.05) is 12.7 Å². The molecule has 0 atom stereocenters. The monoisotopic (exact) mass is 358 g/mol. The molecule has 130 valence electrons. The summed E-state index contributed by atoms with van der Waals surface area (Å²) in [5, 5.41) is 0. The van der Waals surface area contributed by atoms with Crippen LogP contribution in [0.5, 0.6) is 5.75 Å². The summed E-state index contributed by atoms with van der Waals surface area (Å²) in [6, 6.07) is 12.2. The zero-order chi connectivity index (χ0) is 17.9. The van der Waals surface area contributed by atoms with Crippen molar-refractivity contribution in [3.05, 3.63) is 66.1 Å². The number of rotatable bonds is 6. The lowest BCUT2D eigenvalue weighted by molar-refractivity contribution is 0.402. The summed E-state index contributed by atoms with van der Waals surface area (Å²) in [7, 11) is -2.25. The Hall–Kier alpha value is -2.64. The number of furan rings is 1. The van der Waals surface area contributed by atoms with Crippen molar-refractivity contribution in [2.45, 2.75) is 18.4 Å². The number of methoxy groups -OCH3 is 1. The second-order valence-corrected chi connectivity index (χ2v) is 7.24. The van der Waals surface area contributed by atoms with E-state index >= 15 is 0 Å². The molecule has 7 heteroatoms. The second kappa shape index (κ2) is 7.08. The quantitative estimate of drug-likeness (QED) is 0.732. The predicted octanol–water partition coefficient (Wildman–Crippen LogP) is 3.14. The van der Waals surface area contributed by atoms with E-state index in [1.165, 1.54) is 7.11 Å². The minimum Gasteiger partial charge on any atom is -0.495 e. The second-order valence-electron chi connectivity index (χ2n) is 5.51. The van der Waals surface area contributed by atoms with Crippen molar-refractivity contribution < 1.29 is 17.6 Å². The zero-order valence-electron chi connectivity index (χ0n) is 13.9. The van der Waals surface area contributed by atoms with Crippen LogP contribution in [0.3, 0.4) is 0 Å². The fourth-order valence-electron chi connectivity index (χ4n) is 2.35. The molecule has 0 aliphatic rings. The Kier molecular flexibility index (Phi) is 4.87. The van der Waals surface area contributed by atoms with Crippen molar-refractivity contribution in [3.63, 3.8) is 0 Å². The minimum absolute atomic E-state index is 0.121. The first-order valence-corrected chi connectivity index (χ1v) is 9.11. The molecule has 0 aliphatic heterocycles. The van der Waals surface area contributed by atoms with Crippen molar-refractivity contribution in [1.29, 1.82) is 0 Å². The topological polar surface area (TPSA) is 81.4 Å². The third-order valence-corrected chi connectivity index (χ3v) is 5.10. The third-order valence-electron chi connectivity index (χ3n) is 3.67. The van der Waals surface area contributed by atoms with E-state index in [0.29, 0.717) is 17.2 Å². The van der Waals surface area contributed by atoms with Gasteiger partial charge in [0.25, 0.3) is 0 Å². The highest BCUT2D eigenvalue weighted by Gasteiger charge is 2.19. The highest BCUT2D eigenvalue weighted by molar-refractivity contribution is 7.89. The van der Waals surface area contributed by atoms with Crippen LogP contribution in [0.2, 0.25) is 0 Å². The first-order chi connectivity index (χ1) is 12.0. The maximum Gasteiger partial charge on any atom is 0.244 e. The first kappa shape index (κ1) is 17.2. The molecule has 2 aromatic heterocycles. The summed E-state index contributed by atoms with van der Waals surface area (Å²) in [6.07, 6.45) is 3.20. The smallest absolute Gasteiger partial charge is 0.244 e. The third kappa shape index (κ3) is 3.89. The Balaban J connectivity index is 1.75. The summed E-state index contributed by atoms with van der Waals surface area (Å²) >= 11 is 0. The average molecular weight is 358 g/mol. The molecule has 0 saturated heterocycles. The molecular weight excluding hydrogens is 340 g/mol. The lowest BCUT2D eigenvalue weighted by Crippen LogP contribution is -2.24. The van der Waals surface area contributed by atoms with Crippen molar-refractivity contribution in [2.75, 3.05) is 7.11 Å². The lowest BCUT2D eigenvalue weighted by atomic mass is 10.2. The molecule has 0 fully saturated rings. The number of hydrogen-bond acceptors (Lipinski definition) is 5. The van der Waals surface area contributed by atoms with Gasteiger partial charge in [0.15, 0.2) is 5.76 Å². The molecule has 6 nitrogen and oxygen atoms in total. The highest BCUT2D eigenvalue weighted by atomic mass is 32.2. The SMILES string of the molecule is COc1ccc(C)cc1S(=O)(=O)NCc1ccc(-c2ccco2)nc1. The molecule has 2 heterocycles. The van der Waals surface area contributed by atoms with Gasteiger partial charge in [0.1, 0.15) is 16.3 Å². The summed E-state index contributed by atoms with van der Waals surface area (Å²) in [4.78, 5) is 4.41. The minimum atomic E-state index is -3.70. The van der Waals surface area contributed by atoms with E-state index in [2.05, 4.69) is 9.71 Å². The Morgan fingerprint density at radius 1 is 1.20 bits per heavy atom. The molecule has 3 rings (SSSR count). The van der Waals surface area contributed by atoms with Gasteiger partial charge in [-0.05, 0) is 48.4 Å². The van der Waals surface area contributed by atoms with Crippen molar-refractivity contribution in [1.82, 2.24) is 9.71 Å². The summed E-state index contributed by atoms with van der Waals surface area (Å²) in [6.45, 7) is 1.96. The zero-order valence-corrected chi connectivity index (χ0v) is 14.7. The Morgan fingerprint density at radius 3 is 2.68 bits per heavy atom. The van der Waals surface area contributed by atoms with Crippen LogP contribution in [-0.4, -0.2) is 20.5 Å². The Bertz CT molecular complexity index is 949. The van der Waals surface area contributed by atoms with Crippen molar-refractivity contribution in [2.24, 2.45) is 0 Å². The summed E-state index contributed by atoms with van der Waals surface area (Å²) in [5.74, 6) is 0.973. The number of aromatic nitrogens is 1. The summed E-state index contributed by atoms with van der Waals surface area (Å²) < 4.78 is 38.1. The number of ether oxygens (including phenoxy) is 1. The fourth-order valence-corrected chi connectivity index (χ4v) is 3.62. The van der Waals surface area contributed by atoms with Crippen LogP contribution in [0.1, 0.15) is 11.1 Å². The molecule has 0 radical (unpaired) electrons. The highest BCUT2D eigenvalue weighted by Crippen LogP contribution is 2.24.